The highest BCUT2D eigenvalue weighted by atomic mass is 16.6. The highest BCUT2D eigenvalue weighted by molar-refractivity contribution is 5.96. The number of carbonyl (C=O) groups is 1. The Balaban J connectivity index is 1.81. The summed E-state index contributed by atoms with van der Waals surface area (Å²) in [6.07, 6.45) is 12.7. The zero-order valence-electron chi connectivity index (χ0n) is 9.26. The van der Waals surface area contributed by atoms with Crippen LogP contribution in [0.4, 0.5) is 0 Å². The van der Waals surface area contributed by atoms with E-state index in [0.717, 1.165) is 0 Å². The van der Waals surface area contributed by atoms with Crippen LogP contribution in [-0.4, -0.2) is 18.0 Å². The van der Waals surface area contributed by atoms with Crippen LogP contribution >= 0.6 is 0 Å². The first-order chi connectivity index (χ1) is 7.83. The van der Waals surface area contributed by atoms with Gasteiger partial charge in [-0.05, 0) is 31.1 Å². The summed E-state index contributed by atoms with van der Waals surface area (Å²) >= 11 is 0. The summed E-state index contributed by atoms with van der Waals surface area (Å²) in [7, 11) is 0. The number of carbonyl (C=O) groups excluding carboxylic acids is 1. The fourth-order valence-corrected chi connectivity index (χ4v) is 4.00. The van der Waals surface area contributed by atoms with Crippen molar-refractivity contribution in [2.24, 2.45) is 23.7 Å². The Bertz CT molecular complexity index is 403. The number of Topliss-reactive ketones (excluding diaryl/α,β-unsaturated/α-hetero) is 1. The van der Waals surface area contributed by atoms with Crippen molar-refractivity contribution in [1.29, 1.82) is 0 Å². The van der Waals surface area contributed by atoms with E-state index >= 15 is 0 Å². The number of ether oxygens (including phenoxy) is 1. The quantitative estimate of drug-likeness (QED) is 0.458. The molecule has 1 heterocycles. The van der Waals surface area contributed by atoms with Crippen LogP contribution in [-0.2, 0) is 9.53 Å². The lowest BCUT2D eigenvalue weighted by molar-refractivity contribution is -0.136. The topological polar surface area (TPSA) is 29.6 Å². The average molecular weight is 216 g/mol. The molecule has 1 aliphatic heterocycles. The van der Waals surface area contributed by atoms with Crippen molar-refractivity contribution in [3.63, 3.8) is 0 Å². The molecule has 4 aliphatic carbocycles. The summed E-state index contributed by atoms with van der Waals surface area (Å²) in [5.41, 5.74) is -0.376. The maximum atomic E-state index is 12.3. The number of hydrogen-bond donors (Lipinski definition) is 0. The van der Waals surface area contributed by atoms with Gasteiger partial charge in [-0.25, -0.2) is 0 Å². The zero-order chi connectivity index (χ0) is 10.8. The van der Waals surface area contributed by atoms with Gasteiger partial charge < -0.3 is 4.74 Å². The van der Waals surface area contributed by atoms with Crippen molar-refractivity contribution in [3.05, 3.63) is 24.3 Å². The molecule has 5 aliphatic rings. The van der Waals surface area contributed by atoms with Crippen LogP contribution in [0, 0.1) is 23.7 Å². The fourth-order valence-electron chi connectivity index (χ4n) is 4.00. The lowest BCUT2D eigenvalue weighted by Crippen LogP contribution is -2.53. The lowest BCUT2D eigenvalue weighted by atomic mass is 9.56. The number of allylic oxidation sites excluding steroid dienone is 3. The lowest BCUT2D eigenvalue weighted by Gasteiger charge is -2.46. The third-order valence-corrected chi connectivity index (χ3v) is 4.88. The molecule has 84 valence electrons. The molecule has 2 bridgehead atoms. The van der Waals surface area contributed by atoms with Gasteiger partial charge in [0.15, 0.2) is 11.4 Å². The van der Waals surface area contributed by atoms with Gasteiger partial charge in [0.1, 0.15) is 0 Å². The van der Waals surface area contributed by atoms with E-state index in [0.29, 0.717) is 30.1 Å². The van der Waals surface area contributed by atoms with Crippen LogP contribution in [0.3, 0.4) is 0 Å². The Morgan fingerprint density at radius 1 is 1.31 bits per heavy atom. The Morgan fingerprint density at radius 3 is 3.00 bits per heavy atom. The molecular weight excluding hydrogens is 200 g/mol. The monoisotopic (exact) mass is 216 g/mol. The third kappa shape index (κ3) is 0.945. The Hall–Kier alpha value is -0.890. The Kier molecular flexibility index (Phi) is 1.64. The Morgan fingerprint density at radius 2 is 2.19 bits per heavy atom. The molecule has 1 saturated heterocycles. The molecule has 2 heteroatoms. The normalized spacial score (nSPS) is 52.9. The van der Waals surface area contributed by atoms with Crippen LogP contribution < -0.4 is 0 Å². The largest absolute Gasteiger partial charge is 0.361 e. The van der Waals surface area contributed by atoms with Gasteiger partial charge in [0, 0.05) is 11.8 Å². The van der Waals surface area contributed by atoms with Gasteiger partial charge in [0.25, 0.3) is 0 Å². The van der Waals surface area contributed by atoms with Crippen molar-refractivity contribution in [2.75, 3.05) is 6.61 Å². The van der Waals surface area contributed by atoms with Crippen molar-refractivity contribution in [1.82, 2.24) is 0 Å². The van der Waals surface area contributed by atoms with Crippen LogP contribution in [0.5, 0.6) is 0 Å². The minimum absolute atomic E-state index is 0.104. The van der Waals surface area contributed by atoms with Crippen LogP contribution in [0.15, 0.2) is 24.3 Å². The van der Waals surface area contributed by atoms with Gasteiger partial charge in [-0.3, -0.25) is 4.79 Å². The third-order valence-electron chi connectivity index (χ3n) is 4.88. The molecule has 2 fully saturated rings. The summed E-state index contributed by atoms with van der Waals surface area (Å²) in [5.74, 6) is 1.92. The minimum atomic E-state index is -0.376. The van der Waals surface area contributed by atoms with Gasteiger partial charge >= 0.3 is 0 Å². The van der Waals surface area contributed by atoms with E-state index in [9.17, 15) is 4.79 Å². The second kappa shape index (κ2) is 2.86. The number of epoxide rings is 1. The van der Waals surface area contributed by atoms with E-state index in [2.05, 4.69) is 24.3 Å². The van der Waals surface area contributed by atoms with E-state index in [4.69, 9.17) is 4.74 Å². The van der Waals surface area contributed by atoms with Gasteiger partial charge in [0.2, 0.25) is 0 Å². The fraction of sp³-hybridized carbons (Fsp3) is 0.643. The summed E-state index contributed by atoms with van der Waals surface area (Å²) in [4.78, 5) is 12.3. The first-order valence-corrected chi connectivity index (χ1v) is 6.36. The summed E-state index contributed by atoms with van der Waals surface area (Å²) in [6, 6.07) is 0. The van der Waals surface area contributed by atoms with E-state index in [-0.39, 0.29) is 11.5 Å². The molecular formula is C14H16O2. The molecule has 0 radical (unpaired) electrons. The summed E-state index contributed by atoms with van der Waals surface area (Å²) in [6.45, 7) is 0.671. The first-order valence-electron chi connectivity index (χ1n) is 6.36. The molecule has 0 N–H and O–H groups in total. The van der Waals surface area contributed by atoms with Gasteiger partial charge in [-0.15, -0.1) is 0 Å². The molecule has 5 atom stereocenters. The van der Waals surface area contributed by atoms with E-state index in [1.807, 2.05) is 0 Å². The minimum Gasteiger partial charge on any atom is -0.361 e. The molecule has 1 spiro atoms. The van der Waals surface area contributed by atoms with Gasteiger partial charge in [0.05, 0.1) is 6.61 Å². The Labute approximate surface area is 95.4 Å². The number of rotatable bonds is 0. The van der Waals surface area contributed by atoms with Crippen LogP contribution in [0.1, 0.15) is 19.3 Å². The zero-order valence-corrected chi connectivity index (χ0v) is 9.26. The maximum Gasteiger partial charge on any atom is 0.175 e. The van der Waals surface area contributed by atoms with Crippen molar-refractivity contribution in [3.8, 4) is 0 Å². The predicted molar refractivity (Wildman–Crippen MR) is 59.8 cm³/mol. The summed E-state index contributed by atoms with van der Waals surface area (Å²) in [5, 5.41) is 0. The van der Waals surface area contributed by atoms with Gasteiger partial charge in [-0.1, -0.05) is 24.3 Å². The first kappa shape index (κ1) is 9.17. The highest BCUT2D eigenvalue weighted by Crippen LogP contribution is 2.56. The molecule has 5 rings (SSSR count). The molecule has 0 aromatic rings. The molecule has 1 saturated carbocycles. The SMILES string of the molecule is O=C1[C@H]2C=C[C@H]([C@@H]3CCCC=C[C@@H]32)[C@@]12CO2. The summed E-state index contributed by atoms with van der Waals surface area (Å²) < 4.78 is 5.55. The van der Waals surface area contributed by atoms with Crippen molar-refractivity contribution < 1.29 is 9.53 Å². The molecule has 0 unspecified atom stereocenters. The maximum absolute atomic E-state index is 12.3. The molecule has 0 aromatic carbocycles. The predicted octanol–water partition coefficient (Wildman–Crippen LogP) is 2.11. The van der Waals surface area contributed by atoms with E-state index < -0.39 is 0 Å². The highest BCUT2D eigenvalue weighted by Gasteiger charge is 2.66. The molecule has 0 aromatic heterocycles. The molecule has 2 nitrogen and oxygen atoms in total. The second-order valence-electron chi connectivity index (χ2n) is 5.58. The van der Waals surface area contributed by atoms with Crippen molar-refractivity contribution >= 4 is 5.78 Å². The standard InChI is InChI=1S/C14H16O2/c15-13-11-6-7-12(14(13)8-16-14)10-5-3-1-2-4-9(10)11/h2,4,6-7,9-12H,1,3,5,8H2/t9-,10+,11-,12+,14-/m0/s1. The number of hydrogen-bond acceptors (Lipinski definition) is 2. The van der Waals surface area contributed by atoms with E-state index in [1.165, 1.54) is 19.3 Å². The van der Waals surface area contributed by atoms with Crippen molar-refractivity contribution in [2.45, 2.75) is 24.9 Å². The smallest absolute Gasteiger partial charge is 0.175 e. The number of ketones is 1. The van der Waals surface area contributed by atoms with E-state index in [1.54, 1.807) is 0 Å². The molecule has 16 heavy (non-hydrogen) atoms. The molecule has 0 amide bonds. The van der Waals surface area contributed by atoms with Crippen LogP contribution in [0.2, 0.25) is 0 Å². The average Bonchev–Trinajstić information content (AvgIpc) is 3.10. The van der Waals surface area contributed by atoms with Crippen LogP contribution in [0.25, 0.3) is 0 Å². The second-order valence-corrected chi connectivity index (χ2v) is 5.58. The van der Waals surface area contributed by atoms with Gasteiger partial charge in [-0.2, -0.15) is 0 Å².